The zero-order valence-electron chi connectivity index (χ0n) is 18.1. The molecule has 3 N–H and O–H groups in total. The Morgan fingerprint density at radius 3 is 1.74 bits per heavy atom. The fourth-order valence-corrected chi connectivity index (χ4v) is 5.69. The number of fused-ring (bicyclic) bond motifs is 7. The van der Waals surface area contributed by atoms with Gasteiger partial charge in [-0.1, -0.05) is 18.2 Å². The molecule has 0 saturated carbocycles. The van der Waals surface area contributed by atoms with Gasteiger partial charge in [0.05, 0.1) is 9.79 Å². The van der Waals surface area contributed by atoms with Gasteiger partial charge in [0.1, 0.15) is 16.1 Å². The van der Waals surface area contributed by atoms with Gasteiger partial charge in [-0.15, -0.1) is 0 Å². The summed E-state index contributed by atoms with van der Waals surface area (Å²) in [5.74, 6) is 0. The van der Waals surface area contributed by atoms with Gasteiger partial charge in [-0.25, -0.2) is 0 Å². The second-order valence-electron chi connectivity index (χ2n) is 7.30. The Balaban J connectivity index is 0.00000171. The Morgan fingerprint density at radius 2 is 1.15 bits per heavy atom. The van der Waals surface area contributed by atoms with Crippen LogP contribution in [-0.4, -0.2) is 38.9 Å². The van der Waals surface area contributed by atoms with Crippen molar-refractivity contribution in [2.24, 2.45) is 0 Å². The van der Waals surface area contributed by atoms with E-state index in [0.717, 1.165) is 18.2 Å². The first kappa shape index (κ1) is 25.0. The SMILES string of the molecule is O=S(=O)(O)c1ccc2c(ccc3oc4cc(S(=O)(=O)O)c5cc(S(=O)(=O)O)ccc5c4c32)c1.[H-].[Na+]. The van der Waals surface area contributed by atoms with Crippen molar-refractivity contribution >= 4 is 73.8 Å². The molecule has 0 bridgehead atoms. The Morgan fingerprint density at radius 1 is 0.588 bits per heavy atom. The summed E-state index contributed by atoms with van der Waals surface area (Å²) in [6, 6.07) is 11.3. The number of hydrogen-bond donors (Lipinski definition) is 3. The van der Waals surface area contributed by atoms with Gasteiger partial charge in [0.25, 0.3) is 30.4 Å². The third-order valence-corrected chi connectivity index (χ3v) is 7.92. The average Bonchev–Trinajstić information content (AvgIpc) is 3.09. The van der Waals surface area contributed by atoms with E-state index in [1.807, 2.05) is 0 Å². The van der Waals surface area contributed by atoms with Gasteiger partial charge in [0.15, 0.2) is 0 Å². The second-order valence-corrected chi connectivity index (χ2v) is 11.5. The Labute approximate surface area is 216 Å². The van der Waals surface area contributed by atoms with Crippen molar-refractivity contribution < 1.29 is 74.3 Å². The average molecular weight is 533 g/mol. The second kappa shape index (κ2) is 7.98. The van der Waals surface area contributed by atoms with E-state index in [1.165, 1.54) is 30.3 Å². The van der Waals surface area contributed by atoms with Gasteiger partial charge in [-0.2, -0.15) is 25.3 Å². The van der Waals surface area contributed by atoms with Crippen LogP contribution in [0.2, 0.25) is 0 Å². The third kappa shape index (κ3) is 4.02. The molecule has 4 aromatic carbocycles. The molecule has 172 valence electrons. The predicted molar refractivity (Wildman–Crippen MR) is 119 cm³/mol. The quantitative estimate of drug-likeness (QED) is 0.222. The van der Waals surface area contributed by atoms with E-state index in [-0.39, 0.29) is 52.2 Å². The maximum atomic E-state index is 12.0. The van der Waals surface area contributed by atoms with Gasteiger partial charge in [-0.05, 0) is 46.5 Å². The largest absolute Gasteiger partial charge is 1.00 e. The molecule has 0 unspecified atom stereocenters. The molecule has 1 heterocycles. The molecule has 0 amide bonds. The van der Waals surface area contributed by atoms with E-state index in [2.05, 4.69) is 0 Å². The molecule has 10 nitrogen and oxygen atoms in total. The van der Waals surface area contributed by atoms with Gasteiger partial charge in [0.2, 0.25) is 0 Å². The molecule has 0 atom stereocenters. The number of hydrogen-bond acceptors (Lipinski definition) is 7. The standard InChI is InChI=1S/C20H12O10S3.Na.H/c21-31(22,23)11-2-4-13-10(7-11)1-6-16-19(13)20-14-5-3-12(32(24,25)26)8-15(14)18(33(27,28)29)9-17(20)30-16;;/h1-9H,(H,21,22,23)(H,24,25,26)(H,27,28,29);;/q;+1;-1. The van der Waals surface area contributed by atoms with Crippen LogP contribution < -0.4 is 29.6 Å². The molecule has 0 fully saturated rings. The molecule has 0 aliphatic heterocycles. The molecule has 34 heavy (non-hydrogen) atoms. The van der Waals surface area contributed by atoms with Crippen LogP contribution in [0.3, 0.4) is 0 Å². The molecular formula is C20H13NaO10S3. The van der Waals surface area contributed by atoms with Crippen LogP contribution in [0.15, 0.2) is 73.7 Å². The molecule has 0 spiro atoms. The summed E-state index contributed by atoms with van der Waals surface area (Å²) < 4.78 is 105. The Hall–Kier alpha value is -2.07. The van der Waals surface area contributed by atoms with Crippen molar-refractivity contribution in [1.82, 2.24) is 0 Å². The first-order valence-corrected chi connectivity index (χ1v) is 13.4. The smallest absolute Gasteiger partial charge is 1.00 e. The van der Waals surface area contributed by atoms with Gasteiger partial charge >= 0.3 is 29.6 Å². The van der Waals surface area contributed by atoms with Crippen LogP contribution in [0, 0.1) is 0 Å². The topological polar surface area (TPSA) is 176 Å². The first-order chi connectivity index (χ1) is 15.2. The van der Waals surface area contributed by atoms with E-state index in [4.69, 9.17) is 4.42 Å². The van der Waals surface area contributed by atoms with Gasteiger partial charge in [-0.3, -0.25) is 13.7 Å². The molecule has 0 radical (unpaired) electrons. The summed E-state index contributed by atoms with van der Waals surface area (Å²) in [6.07, 6.45) is 0. The molecule has 5 aromatic rings. The van der Waals surface area contributed by atoms with Crippen LogP contribution in [0.4, 0.5) is 0 Å². The molecule has 14 heteroatoms. The Bertz CT molecular complexity index is 2000. The van der Waals surface area contributed by atoms with Crippen molar-refractivity contribution in [3.8, 4) is 0 Å². The van der Waals surface area contributed by atoms with Crippen molar-refractivity contribution in [2.75, 3.05) is 0 Å². The summed E-state index contributed by atoms with van der Waals surface area (Å²) in [5, 5.41) is 1.82. The number of furan rings is 1. The zero-order chi connectivity index (χ0) is 23.9. The van der Waals surface area contributed by atoms with Crippen LogP contribution in [0.5, 0.6) is 0 Å². The van der Waals surface area contributed by atoms with E-state index in [0.29, 0.717) is 27.1 Å². The maximum absolute atomic E-state index is 12.0. The molecular weight excluding hydrogens is 519 g/mol. The van der Waals surface area contributed by atoms with E-state index in [1.54, 1.807) is 6.07 Å². The predicted octanol–water partition coefficient (Wildman–Crippen LogP) is 0.749. The van der Waals surface area contributed by atoms with Crippen LogP contribution in [-0.2, 0) is 30.4 Å². The Kier molecular flexibility index (Phi) is 5.87. The third-order valence-electron chi connectivity index (χ3n) is 5.33. The minimum absolute atomic E-state index is 0. The minimum atomic E-state index is -4.82. The fourth-order valence-electron chi connectivity index (χ4n) is 3.97. The minimum Gasteiger partial charge on any atom is -1.00 e. The molecule has 1 aromatic heterocycles. The summed E-state index contributed by atoms with van der Waals surface area (Å²) in [6.45, 7) is 0. The van der Waals surface area contributed by atoms with Gasteiger partial charge in [0, 0.05) is 22.2 Å². The van der Waals surface area contributed by atoms with Crippen LogP contribution >= 0.6 is 0 Å². The molecule has 5 rings (SSSR count). The monoisotopic (exact) mass is 532 g/mol. The molecule has 0 aliphatic carbocycles. The van der Waals surface area contributed by atoms with Gasteiger partial charge < -0.3 is 5.84 Å². The van der Waals surface area contributed by atoms with Crippen LogP contribution in [0.1, 0.15) is 1.43 Å². The fraction of sp³-hybridized carbons (Fsp3) is 0. The normalized spacial score (nSPS) is 13.0. The summed E-state index contributed by atoms with van der Waals surface area (Å²) >= 11 is 0. The van der Waals surface area contributed by atoms with Crippen molar-refractivity contribution in [3.05, 3.63) is 54.6 Å². The number of benzene rings is 4. The molecule has 0 aliphatic rings. The van der Waals surface area contributed by atoms with E-state index < -0.39 is 40.1 Å². The summed E-state index contributed by atoms with van der Waals surface area (Å²) in [7, 11) is -13.9. The first-order valence-electron chi connectivity index (χ1n) is 9.03. The van der Waals surface area contributed by atoms with E-state index in [9.17, 15) is 38.9 Å². The zero-order valence-corrected chi connectivity index (χ0v) is 21.6. The van der Waals surface area contributed by atoms with Crippen LogP contribution in [0.25, 0.3) is 43.5 Å². The summed E-state index contributed by atoms with van der Waals surface area (Å²) in [5.41, 5.74) is 0.376. The van der Waals surface area contributed by atoms with Crippen molar-refractivity contribution in [3.63, 3.8) is 0 Å². The number of rotatable bonds is 3. The molecule has 0 saturated heterocycles. The van der Waals surface area contributed by atoms with Crippen molar-refractivity contribution in [1.29, 1.82) is 0 Å². The van der Waals surface area contributed by atoms with E-state index >= 15 is 0 Å². The summed E-state index contributed by atoms with van der Waals surface area (Å²) in [4.78, 5) is -1.51. The van der Waals surface area contributed by atoms with Crippen molar-refractivity contribution in [2.45, 2.75) is 14.7 Å². The maximum Gasteiger partial charge on any atom is 1.00 e.